The molecule has 496 valence electrons. The number of carbonyl (C=O) groups excluding carboxylic acids is 2. The Balaban J connectivity index is 1.09. The van der Waals surface area contributed by atoms with Crippen LogP contribution in [0.2, 0.25) is 43.3 Å². The molecular formula is C77H113Cl2NO8Si2. The molecule has 6 rings (SSSR count). The van der Waals surface area contributed by atoms with Crippen molar-refractivity contribution in [3.63, 3.8) is 0 Å². The zero-order valence-electron chi connectivity index (χ0n) is 57.2. The second-order valence-electron chi connectivity index (χ2n) is 27.3. The van der Waals surface area contributed by atoms with Gasteiger partial charge in [0.2, 0.25) is 0 Å². The molecule has 1 aliphatic rings. The molecule has 5 aromatic rings. The van der Waals surface area contributed by atoms with Crippen LogP contribution in [0.1, 0.15) is 232 Å². The molecule has 0 saturated heterocycles. The molecule has 0 aliphatic heterocycles. The van der Waals surface area contributed by atoms with Crippen molar-refractivity contribution in [2.45, 2.75) is 243 Å². The summed E-state index contributed by atoms with van der Waals surface area (Å²) >= 11 is 13.2. The zero-order valence-corrected chi connectivity index (χ0v) is 60.7. The Bertz CT molecular complexity index is 2680. The highest BCUT2D eigenvalue weighted by Gasteiger charge is 2.46. The Hall–Kier alpha value is -4.47. The standard InChI is InChI=1S/C77H113Cl2NO8Si2/c1-57(2)89(58(3)4,59(5)6)86-49-33-25-21-17-13-15-19-23-31-47-83-68-51-65(52-69(53-68)84-48-32-24-20-16-14-18-22-26-34-50-87-90(60(7)8,61(9)10)62(11)12)77(63-39-43-66(78)44-40-63,64-41-45-67(79)46-42-64)88-76(82)55-80-54-75(81)85-56-74-72-37-29-27-35-70(72)71-36-28-30-38-73(71)74/h27-30,35-46,51-53,57-62,74,80H,13-26,31-34,47-50,54-56H2,1-12H3. The fraction of sp³-hybridized carbons (Fsp3) is 0.584. The highest BCUT2D eigenvalue weighted by atomic mass is 35.5. The van der Waals surface area contributed by atoms with Crippen molar-refractivity contribution in [1.29, 1.82) is 0 Å². The van der Waals surface area contributed by atoms with E-state index >= 15 is 0 Å². The number of benzene rings is 5. The number of hydrogen-bond acceptors (Lipinski definition) is 9. The maximum atomic E-state index is 14.5. The molecule has 9 nitrogen and oxygen atoms in total. The molecule has 0 spiro atoms. The Morgan fingerprint density at radius 2 is 0.756 bits per heavy atom. The molecule has 5 aromatic carbocycles. The van der Waals surface area contributed by atoms with Crippen molar-refractivity contribution in [3.8, 4) is 22.6 Å². The van der Waals surface area contributed by atoms with E-state index in [1.165, 1.54) is 64.2 Å². The number of rotatable bonds is 44. The molecule has 1 N–H and O–H groups in total. The van der Waals surface area contributed by atoms with Gasteiger partial charge < -0.3 is 27.8 Å². The van der Waals surface area contributed by atoms with Crippen LogP contribution >= 0.6 is 23.2 Å². The smallest absolute Gasteiger partial charge is 0.321 e. The molecule has 0 unspecified atom stereocenters. The summed E-state index contributed by atoms with van der Waals surface area (Å²) in [7, 11) is -3.61. The second-order valence-corrected chi connectivity index (χ2v) is 39.1. The SMILES string of the molecule is CC(C)[Si](OCCCCCCCCCCCOc1cc(OCCCCCCCCCCCO[Si](C(C)C)(C(C)C)C(C)C)cc(C(OC(=O)CNCC(=O)OCC2c3ccccc3-c3ccccc32)(c2ccc(Cl)cc2)c2ccc(Cl)cc2)c1)(C(C)C)C(C)C. The van der Waals surface area contributed by atoms with Crippen LogP contribution in [-0.4, -0.2) is 74.7 Å². The summed E-state index contributed by atoms with van der Waals surface area (Å²) in [5, 5.41) is 4.10. The Morgan fingerprint density at radius 1 is 0.422 bits per heavy atom. The van der Waals surface area contributed by atoms with Crippen LogP contribution in [0.3, 0.4) is 0 Å². The van der Waals surface area contributed by atoms with Crippen molar-refractivity contribution in [2.24, 2.45) is 0 Å². The van der Waals surface area contributed by atoms with Gasteiger partial charge in [-0.25, -0.2) is 0 Å². The highest BCUT2D eigenvalue weighted by molar-refractivity contribution is 6.78. The number of halogens is 2. The normalized spacial score (nSPS) is 12.9. The van der Waals surface area contributed by atoms with Gasteiger partial charge in [-0.1, -0.05) is 269 Å². The lowest BCUT2D eigenvalue weighted by molar-refractivity contribution is -0.152. The third-order valence-electron chi connectivity index (χ3n) is 19.2. The van der Waals surface area contributed by atoms with E-state index in [1.54, 1.807) is 24.3 Å². The van der Waals surface area contributed by atoms with Gasteiger partial charge in [-0.3, -0.25) is 14.9 Å². The molecule has 0 atom stereocenters. The van der Waals surface area contributed by atoms with Crippen molar-refractivity contribution < 1.29 is 37.4 Å². The lowest BCUT2D eigenvalue weighted by Gasteiger charge is -2.42. The summed E-state index contributed by atoms with van der Waals surface area (Å²) in [6.45, 7) is 30.9. The van der Waals surface area contributed by atoms with Gasteiger partial charge in [0.05, 0.1) is 26.3 Å². The zero-order chi connectivity index (χ0) is 65.1. The second kappa shape index (κ2) is 38.0. The fourth-order valence-corrected chi connectivity index (χ4v) is 26.1. The number of carbonyl (C=O) groups is 2. The molecule has 0 fully saturated rings. The molecule has 0 bridgehead atoms. The lowest BCUT2D eigenvalue weighted by atomic mass is 9.79. The summed E-state index contributed by atoms with van der Waals surface area (Å²) in [4.78, 5) is 27.9. The van der Waals surface area contributed by atoms with E-state index < -0.39 is 34.2 Å². The third-order valence-corrected chi connectivity index (χ3v) is 31.9. The molecule has 0 radical (unpaired) electrons. The first-order chi connectivity index (χ1) is 43.3. The lowest BCUT2D eigenvalue weighted by Crippen LogP contribution is -2.47. The van der Waals surface area contributed by atoms with Crippen LogP contribution in [0.25, 0.3) is 11.1 Å². The van der Waals surface area contributed by atoms with Gasteiger partial charge in [0, 0.05) is 51.9 Å². The van der Waals surface area contributed by atoms with Crippen molar-refractivity contribution in [3.05, 3.63) is 153 Å². The van der Waals surface area contributed by atoms with E-state index in [4.69, 9.17) is 51.0 Å². The van der Waals surface area contributed by atoms with E-state index in [1.807, 2.05) is 66.7 Å². The van der Waals surface area contributed by atoms with Crippen molar-refractivity contribution >= 4 is 51.8 Å². The van der Waals surface area contributed by atoms with Crippen LogP contribution in [-0.2, 0) is 33.5 Å². The van der Waals surface area contributed by atoms with Gasteiger partial charge in [0.1, 0.15) is 18.1 Å². The highest BCUT2D eigenvalue weighted by Crippen LogP contribution is 2.47. The number of ether oxygens (including phenoxy) is 4. The topological polar surface area (TPSA) is 102 Å². The summed E-state index contributed by atoms with van der Waals surface area (Å²) in [5.41, 5.74) is 8.69. The third kappa shape index (κ3) is 20.8. The van der Waals surface area contributed by atoms with Crippen molar-refractivity contribution in [2.75, 3.05) is 46.1 Å². The number of nitrogens with one attached hydrogen (secondary N) is 1. The van der Waals surface area contributed by atoms with Gasteiger partial charge in [-0.2, -0.15) is 0 Å². The minimum absolute atomic E-state index is 0.0825. The van der Waals surface area contributed by atoms with Crippen LogP contribution < -0.4 is 14.8 Å². The van der Waals surface area contributed by atoms with Crippen molar-refractivity contribution in [1.82, 2.24) is 5.32 Å². The summed E-state index contributed by atoms with van der Waals surface area (Å²) in [6, 6.07) is 37.1. The minimum Gasteiger partial charge on any atom is -0.493 e. The molecule has 0 saturated carbocycles. The number of fused-ring (bicyclic) bond motifs is 3. The van der Waals surface area contributed by atoms with E-state index in [0.29, 0.717) is 84.7 Å². The number of esters is 2. The predicted octanol–water partition coefficient (Wildman–Crippen LogP) is 21.9. The average Bonchev–Trinajstić information content (AvgIpc) is 1.20. The average molecular weight is 1310 g/mol. The molecule has 0 heterocycles. The summed E-state index contributed by atoms with van der Waals surface area (Å²) in [6.07, 6.45) is 20.9. The molecule has 90 heavy (non-hydrogen) atoms. The van der Waals surface area contributed by atoms with E-state index in [0.717, 1.165) is 86.8 Å². The Labute approximate surface area is 556 Å². The first-order valence-electron chi connectivity index (χ1n) is 34.7. The maximum absolute atomic E-state index is 14.5. The van der Waals surface area contributed by atoms with Crippen LogP contribution in [0.15, 0.2) is 115 Å². The Morgan fingerprint density at radius 3 is 1.12 bits per heavy atom. The predicted molar refractivity (Wildman–Crippen MR) is 381 cm³/mol. The van der Waals surface area contributed by atoms with Gasteiger partial charge in [-0.05, 0) is 118 Å². The van der Waals surface area contributed by atoms with E-state index in [-0.39, 0.29) is 25.6 Å². The van der Waals surface area contributed by atoms with Crippen LogP contribution in [0.5, 0.6) is 11.5 Å². The monoisotopic (exact) mass is 1310 g/mol. The molecule has 13 heteroatoms. The molecular weight excluding hydrogens is 1190 g/mol. The van der Waals surface area contributed by atoms with Gasteiger partial charge in [0.15, 0.2) is 22.2 Å². The van der Waals surface area contributed by atoms with Gasteiger partial charge in [0.25, 0.3) is 0 Å². The Kier molecular flexibility index (Phi) is 31.5. The molecule has 1 aliphatic carbocycles. The van der Waals surface area contributed by atoms with E-state index in [9.17, 15) is 9.59 Å². The largest absolute Gasteiger partial charge is 0.493 e. The summed E-state index contributed by atoms with van der Waals surface area (Å²) < 4.78 is 39.7. The molecule has 0 aromatic heterocycles. The number of unbranched alkanes of at least 4 members (excludes halogenated alkanes) is 16. The van der Waals surface area contributed by atoms with Gasteiger partial charge in [-0.15, -0.1) is 0 Å². The quantitative estimate of drug-likeness (QED) is 0.0177. The minimum atomic E-state index is -1.81. The first-order valence-corrected chi connectivity index (χ1v) is 39.8. The first kappa shape index (κ1) is 74.6. The van der Waals surface area contributed by atoms with Crippen LogP contribution in [0.4, 0.5) is 0 Å². The van der Waals surface area contributed by atoms with Crippen LogP contribution in [0, 0.1) is 0 Å². The van der Waals surface area contributed by atoms with Gasteiger partial charge >= 0.3 is 11.9 Å². The summed E-state index contributed by atoms with van der Waals surface area (Å²) in [5.74, 6) is 0.0912. The molecule has 0 amide bonds. The number of hydrogen-bond donors (Lipinski definition) is 1. The van der Waals surface area contributed by atoms with E-state index in [2.05, 4.69) is 113 Å². The maximum Gasteiger partial charge on any atom is 0.321 e. The fourth-order valence-electron chi connectivity index (χ4n) is 14.9.